The Labute approximate surface area is 70.0 Å². The molecule has 0 aliphatic rings. The van der Waals surface area contributed by atoms with E-state index in [1.165, 1.54) is 11.1 Å². The van der Waals surface area contributed by atoms with E-state index in [2.05, 4.69) is 26.8 Å². The van der Waals surface area contributed by atoms with Crippen molar-refractivity contribution in [1.29, 1.82) is 0 Å². The second kappa shape index (κ2) is 3.12. The molecular weight excluding hydrogens is 131 g/mol. The highest BCUT2D eigenvalue weighted by atomic mass is 14.1. The van der Waals surface area contributed by atoms with E-state index in [-0.39, 0.29) is 0 Å². The van der Waals surface area contributed by atoms with Crippen LogP contribution in [0.15, 0.2) is 18.2 Å². The van der Waals surface area contributed by atoms with Gasteiger partial charge >= 0.3 is 0 Å². The Morgan fingerprint density at radius 3 is 2.27 bits per heavy atom. The van der Waals surface area contributed by atoms with E-state index < -0.39 is 0 Å². The third kappa shape index (κ3) is 1.65. The molecule has 0 fully saturated rings. The van der Waals surface area contributed by atoms with Crippen LogP contribution in [-0.2, 0) is 0 Å². The van der Waals surface area contributed by atoms with Crippen LogP contribution in [0.5, 0.6) is 0 Å². The van der Waals surface area contributed by atoms with Gasteiger partial charge in [-0.2, -0.15) is 0 Å². The lowest BCUT2D eigenvalue weighted by Crippen LogP contribution is -2.12. The molecule has 0 amide bonds. The lowest BCUT2D eigenvalue weighted by molar-refractivity contribution is 0.863. The lowest BCUT2D eigenvalue weighted by atomic mass is 9.83. The lowest BCUT2D eigenvalue weighted by Gasteiger charge is -2.12. The normalized spacial score (nSPS) is 10.5. The van der Waals surface area contributed by atoms with E-state index in [0.717, 1.165) is 5.46 Å². The summed E-state index contributed by atoms with van der Waals surface area (Å²) in [5.41, 5.74) is 3.49. The molecule has 1 aromatic carbocycles. The second-order valence-corrected chi connectivity index (χ2v) is 3.23. The largest absolute Gasteiger partial charge is 0.114 e. The summed E-state index contributed by atoms with van der Waals surface area (Å²) in [5.74, 6) is 0.524. The average molecular weight is 144 g/mol. The minimum absolute atomic E-state index is 0.524. The predicted molar refractivity (Wildman–Crippen MR) is 50.7 cm³/mol. The molecule has 0 atom stereocenters. The smallest absolute Gasteiger partial charge is 0.0930 e. The van der Waals surface area contributed by atoms with Crippen molar-refractivity contribution in [2.75, 3.05) is 0 Å². The summed E-state index contributed by atoms with van der Waals surface area (Å²) in [5, 5.41) is 0. The van der Waals surface area contributed by atoms with Crippen LogP contribution in [0, 0.1) is 6.92 Å². The van der Waals surface area contributed by atoms with Gasteiger partial charge in [-0.25, -0.2) is 0 Å². The van der Waals surface area contributed by atoms with Crippen LogP contribution in [0.2, 0.25) is 0 Å². The first kappa shape index (κ1) is 8.38. The maximum absolute atomic E-state index is 5.82. The summed E-state index contributed by atoms with van der Waals surface area (Å²) in [7, 11) is 5.82. The first-order valence-electron chi connectivity index (χ1n) is 3.98. The van der Waals surface area contributed by atoms with E-state index in [9.17, 15) is 0 Å². The van der Waals surface area contributed by atoms with Crippen LogP contribution in [0.1, 0.15) is 30.9 Å². The summed E-state index contributed by atoms with van der Waals surface area (Å²) < 4.78 is 0. The quantitative estimate of drug-likeness (QED) is 0.528. The van der Waals surface area contributed by atoms with E-state index in [1.807, 2.05) is 12.1 Å². The van der Waals surface area contributed by atoms with Crippen molar-refractivity contribution in [1.82, 2.24) is 0 Å². The highest BCUT2D eigenvalue weighted by Gasteiger charge is 2.04. The molecule has 0 N–H and O–H groups in total. The Morgan fingerprint density at radius 2 is 1.91 bits per heavy atom. The van der Waals surface area contributed by atoms with Crippen LogP contribution in [0.3, 0.4) is 0 Å². The van der Waals surface area contributed by atoms with Gasteiger partial charge in [-0.15, -0.1) is 0 Å². The van der Waals surface area contributed by atoms with Crippen LogP contribution in [0.25, 0.3) is 0 Å². The van der Waals surface area contributed by atoms with Gasteiger partial charge in [0.25, 0.3) is 0 Å². The minimum atomic E-state index is 0.524. The van der Waals surface area contributed by atoms with Gasteiger partial charge in [0, 0.05) is 0 Å². The van der Waals surface area contributed by atoms with Crippen LogP contribution in [0.4, 0.5) is 0 Å². The highest BCUT2D eigenvalue weighted by Crippen LogP contribution is 2.15. The topological polar surface area (TPSA) is 0 Å². The molecule has 0 saturated carbocycles. The molecule has 0 aromatic heterocycles. The first-order valence-corrected chi connectivity index (χ1v) is 3.98. The van der Waals surface area contributed by atoms with E-state index in [0.29, 0.717) is 5.92 Å². The average Bonchev–Trinajstić information content (AvgIpc) is 1.85. The van der Waals surface area contributed by atoms with Crippen LogP contribution < -0.4 is 5.46 Å². The third-order valence-corrected chi connectivity index (χ3v) is 1.94. The molecule has 11 heavy (non-hydrogen) atoms. The number of rotatable bonds is 1. The number of benzene rings is 1. The SMILES string of the molecule is [B]c1cccc(C)c1C(C)C. The number of hydrogen-bond acceptors (Lipinski definition) is 0. The molecule has 0 spiro atoms. The second-order valence-electron chi connectivity index (χ2n) is 3.23. The predicted octanol–water partition coefficient (Wildman–Crippen LogP) is 1.91. The van der Waals surface area contributed by atoms with Gasteiger partial charge < -0.3 is 0 Å². The van der Waals surface area contributed by atoms with E-state index in [1.54, 1.807) is 0 Å². The monoisotopic (exact) mass is 144 g/mol. The summed E-state index contributed by atoms with van der Waals surface area (Å²) in [6.45, 7) is 6.43. The summed E-state index contributed by atoms with van der Waals surface area (Å²) in [6.07, 6.45) is 0. The van der Waals surface area contributed by atoms with E-state index >= 15 is 0 Å². The van der Waals surface area contributed by atoms with Gasteiger partial charge in [-0.05, 0) is 24.0 Å². The van der Waals surface area contributed by atoms with Crippen LogP contribution in [-0.4, -0.2) is 7.85 Å². The zero-order valence-corrected chi connectivity index (χ0v) is 7.39. The first-order chi connectivity index (χ1) is 5.13. The number of hydrogen-bond donors (Lipinski definition) is 0. The van der Waals surface area contributed by atoms with Crippen molar-refractivity contribution in [3.8, 4) is 0 Å². The molecule has 1 rings (SSSR count). The van der Waals surface area contributed by atoms with Crippen LogP contribution >= 0.6 is 0 Å². The summed E-state index contributed by atoms with van der Waals surface area (Å²) in [6, 6.07) is 6.06. The standard InChI is InChI=1S/C10H13B/c1-7(2)10-8(3)5-4-6-9(10)11/h4-7H,1-3H3. The Balaban J connectivity index is 3.21. The molecule has 0 nitrogen and oxygen atoms in total. The van der Waals surface area contributed by atoms with Gasteiger partial charge in [0.05, 0.1) is 0 Å². The molecule has 0 bridgehead atoms. The Bertz CT molecular complexity index is 231. The van der Waals surface area contributed by atoms with Crippen molar-refractivity contribution >= 4 is 13.3 Å². The van der Waals surface area contributed by atoms with Gasteiger partial charge in [0.15, 0.2) is 0 Å². The molecule has 0 heterocycles. The Hall–Kier alpha value is -0.715. The fraction of sp³-hybridized carbons (Fsp3) is 0.400. The van der Waals surface area contributed by atoms with Gasteiger partial charge in [0.2, 0.25) is 0 Å². The molecule has 1 heteroatoms. The molecule has 0 aliphatic carbocycles. The maximum Gasteiger partial charge on any atom is 0.114 e. The highest BCUT2D eigenvalue weighted by molar-refractivity contribution is 6.33. The van der Waals surface area contributed by atoms with Crippen molar-refractivity contribution in [2.45, 2.75) is 26.7 Å². The van der Waals surface area contributed by atoms with Crippen molar-refractivity contribution < 1.29 is 0 Å². The van der Waals surface area contributed by atoms with Crippen molar-refractivity contribution in [3.63, 3.8) is 0 Å². The summed E-state index contributed by atoms with van der Waals surface area (Å²) in [4.78, 5) is 0. The molecule has 0 aliphatic heterocycles. The summed E-state index contributed by atoms with van der Waals surface area (Å²) >= 11 is 0. The zero-order valence-electron chi connectivity index (χ0n) is 7.39. The van der Waals surface area contributed by atoms with Gasteiger partial charge in [0.1, 0.15) is 7.85 Å². The molecule has 0 saturated heterocycles. The van der Waals surface area contributed by atoms with Crippen molar-refractivity contribution in [3.05, 3.63) is 29.3 Å². The van der Waals surface area contributed by atoms with Gasteiger partial charge in [-0.3, -0.25) is 0 Å². The molecule has 2 radical (unpaired) electrons. The van der Waals surface area contributed by atoms with E-state index in [4.69, 9.17) is 7.85 Å². The molecule has 1 aromatic rings. The number of aryl methyl sites for hydroxylation is 1. The maximum atomic E-state index is 5.82. The molecular formula is C10H13B. The van der Waals surface area contributed by atoms with Crippen molar-refractivity contribution in [2.24, 2.45) is 0 Å². The Kier molecular flexibility index (Phi) is 2.38. The minimum Gasteiger partial charge on any atom is -0.0930 e. The Morgan fingerprint density at radius 1 is 1.27 bits per heavy atom. The fourth-order valence-corrected chi connectivity index (χ4v) is 1.49. The third-order valence-electron chi connectivity index (χ3n) is 1.94. The van der Waals surface area contributed by atoms with Gasteiger partial charge in [-0.1, -0.05) is 37.5 Å². The molecule has 56 valence electrons. The zero-order chi connectivity index (χ0) is 8.43. The fourth-order valence-electron chi connectivity index (χ4n) is 1.49. The molecule has 0 unspecified atom stereocenters.